The maximum Gasteiger partial charge on any atom is 0.328 e. The quantitative estimate of drug-likeness (QED) is 0.835. The zero-order valence-electron chi connectivity index (χ0n) is 11.1. The Morgan fingerprint density at radius 2 is 1.50 bits per heavy atom. The second-order valence-corrected chi connectivity index (χ2v) is 4.79. The monoisotopic (exact) mass is 291 g/mol. The summed E-state index contributed by atoms with van der Waals surface area (Å²) in [5.74, 6) is -1.47. The maximum absolute atomic E-state index is 11.8. The fourth-order valence-corrected chi connectivity index (χ4v) is 1.84. The van der Waals surface area contributed by atoms with Gasteiger partial charge in [0, 0.05) is 22.1 Å². The summed E-state index contributed by atoms with van der Waals surface area (Å²) in [6.45, 7) is 3.68. The zero-order chi connectivity index (χ0) is 14.7. The Hall–Kier alpha value is -2.27. The normalized spacial score (nSPS) is 10.2. The van der Waals surface area contributed by atoms with Crippen LogP contribution in [-0.4, -0.2) is 16.5 Å². The van der Waals surface area contributed by atoms with Gasteiger partial charge in [-0.3, -0.25) is 19.7 Å². The summed E-state index contributed by atoms with van der Waals surface area (Å²) in [5, 5.41) is 3.06. The molecule has 1 heterocycles. The predicted octanol–water partition coefficient (Wildman–Crippen LogP) is 2.47. The van der Waals surface area contributed by atoms with E-state index in [1.165, 1.54) is 0 Å². The van der Waals surface area contributed by atoms with E-state index in [1.54, 1.807) is 28.9 Å². The van der Waals surface area contributed by atoms with Gasteiger partial charge in [-0.2, -0.15) is 0 Å². The molecule has 0 fully saturated rings. The lowest BCUT2D eigenvalue weighted by Gasteiger charge is -2.11. The average Bonchev–Trinajstić information content (AvgIpc) is 2.73. The van der Waals surface area contributed by atoms with E-state index >= 15 is 0 Å². The molecule has 1 aromatic carbocycles. The van der Waals surface area contributed by atoms with Crippen LogP contribution in [0.2, 0.25) is 5.02 Å². The number of aryl methyl sites for hydroxylation is 2. The molecule has 2 aromatic rings. The Labute approximate surface area is 121 Å². The lowest BCUT2D eigenvalue weighted by Crippen LogP contribution is -2.35. The van der Waals surface area contributed by atoms with Gasteiger partial charge >= 0.3 is 11.8 Å². The Morgan fingerprint density at radius 1 is 0.950 bits per heavy atom. The van der Waals surface area contributed by atoms with E-state index in [2.05, 4.69) is 10.7 Å². The molecule has 1 aromatic heterocycles. The van der Waals surface area contributed by atoms with Crippen molar-refractivity contribution in [2.24, 2.45) is 0 Å². The fourth-order valence-electron chi connectivity index (χ4n) is 1.72. The van der Waals surface area contributed by atoms with Crippen molar-refractivity contribution in [3.05, 3.63) is 52.8 Å². The molecule has 0 aliphatic rings. The number of hydrogen-bond acceptors (Lipinski definition) is 2. The topological polar surface area (TPSA) is 63.1 Å². The van der Waals surface area contributed by atoms with Crippen molar-refractivity contribution in [2.45, 2.75) is 13.8 Å². The number of anilines is 1. The van der Waals surface area contributed by atoms with E-state index < -0.39 is 11.8 Å². The number of carbonyl (C=O) groups is 2. The Balaban J connectivity index is 2.02. The maximum atomic E-state index is 11.8. The number of benzene rings is 1. The molecule has 0 radical (unpaired) electrons. The Kier molecular flexibility index (Phi) is 4.10. The number of aromatic nitrogens is 1. The highest BCUT2D eigenvalue weighted by Gasteiger charge is 2.15. The number of amides is 2. The molecule has 0 bridgehead atoms. The first-order chi connectivity index (χ1) is 9.47. The zero-order valence-corrected chi connectivity index (χ0v) is 11.9. The molecule has 2 rings (SSSR count). The van der Waals surface area contributed by atoms with E-state index in [0.29, 0.717) is 10.7 Å². The molecule has 5 nitrogen and oxygen atoms in total. The number of nitrogens with one attached hydrogen (secondary N) is 2. The third kappa shape index (κ3) is 3.19. The second kappa shape index (κ2) is 5.79. The van der Waals surface area contributed by atoms with Gasteiger partial charge in [0.25, 0.3) is 0 Å². The standard InChI is InChI=1S/C14H14ClN3O2/c1-9-3-4-10(2)18(9)17-14(20)13(19)16-12-7-5-11(15)6-8-12/h3-8H,1-2H3,(H,16,19)(H,17,20). The summed E-state index contributed by atoms with van der Waals surface area (Å²) in [4.78, 5) is 23.6. The summed E-state index contributed by atoms with van der Waals surface area (Å²) >= 11 is 5.75. The van der Waals surface area contributed by atoms with Gasteiger partial charge in [0.2, 0.25) is 0 Å². The molecule has 2 amide bonds. The SMILES string of the molecule is Cc1ccc(C)n1NC(=O)C(=O)Nc1ccc(Cl)cc1. The molecule has 0 spiro atoms. The number of halogens is 1. The summed E-state index contributed by atoms with van der Waals surface area (Å²) < 4.78 is 1.56. The Bertz CT molecular complexity index is 627. The van der Waals surface area contributed by atoms with Crippen molar-refractivity contribution in [3.63, 3.8) is 0 Å². The first kappa shape index (κ1) is 14.1. The first-order valence-corrected chi connectivity index (χ1v) is 6.38. The van der Waals surface area contributed by atoms with Crippen LogP contribution in [0.5, 0.6) is 0 Å². The molecule has 20 heavy (non-hydrogen) atoms. The van der Waals surface area contributed by atoms with Gasteiger partial charge in [-0.05, 0) is 50.2 Å². The Morgan fingerprint density at radius 3 is 2.05 bits per heavy atom. The first-order valence-electron chi connectivity index (χ1n) is 6.00. The highest BCUT2D eigenvalue weighted by Crippen LogP contribution is 2.13. The van der Waals surface area contributed by atoms with E-state index in [1.807, 2.05) is 26.0 Å². The largest absolute Gasteiger partial charge is 0.328 e. The van der Waals surface area contributed by atoms with Crippen molar-refractivity contribution in [3.8, 4) is 0 Å². The molecule has 0 atom stereocenters. The third-order valence-electron chi connectivity index (χ3n) is 2.79. The van der Waals surface area contributed by atoms with Crippen LogP contribution in [0, 0.1) is 13.8 Å². The van der Waals surface area contributed by atoms with Gasteiger partial charge in [-0.15, -0.1) is 0 Å². The average molecular weight is 292 g/mol. The van der Waals surface area contributed by atoms with Gasteiger partial charge in [-0.25, -0.2) is 0 Å². The molecule has 0 aliphatic heterocycles. The van der Waals surface area contributed by atoms with Gasteiger partial charge < -0.3 is 5.32 Å². The van der Waals surface area contributed by atoms with Crippen LogP contribution in [0.4, 0.5) is 5.69 Å². The van der Waals surface area contributed by atoms with Crippen LogP contribution in [0.1, 0.15) is 11.4 Å². The van der Waals surface area contributed by atoms with E-state index in [4.69, 9.17) is 11.6 Å². The van der Waals surface area contributed by atoms with Crippen molar-refractivity contribution < 1.29 is 9.59 Å². The van der Waals surface area contributed by atoms with Crippen LogP contribution in [0.15, 0.2) is 36.4 Å². The number of carbonyl (C=O) groups excluding carboxylic acids is 2. The van der Waals surface area contributed by atoms with Gasteiger partial charge in [0.1, 0.15) is 0 Å². The van der Waals surface area contributed by atoms with Crippen LogP contribution in [0.3, 0.4) is 0 Å². The number of rotatable bonds is 2. The summed E-state index contributed by atoms with van der Waals surface area (Å²) in [6, 6.07) is 10.2. The van der Waals surface area contributed by atoms with Crippen molar-refractivity contribution in [1.82, 2.24) is 4.68 Å². The molecule has 0 saturated heterocycles. The molecule has 0 saturated carbocycles. The third-order valence-corrected chi connectivity index (χ3v) is 3.04. The van der Waals surface area contributed by atoms with Crippen LogP contribution < -0.4 is 10.7 Å². The molecule has 0 aliphatic carbocycles. The smallest absolute Gasteiger partial charge is 0.318 e. The van der Waals surface area contributed by atoms with Gasteiger partial charge in [0.05, 0.1) is 0 Å². The highest BCUT2D eigenvalue weighted by molar-refractivity contribution is 6.42. The van der Waals surface area contributed by atoms with Crippen molar-refractivity contribution in [1.29, 1.82) is 0 Å². The van der Waals surface area contributed by atoms with Crippen molar-refractivity contribution >= 4 is 29.1 Å². The predicted molar refractivity (Wildman–Crippen MR) is 78.4 cm³/mol. The summed E-state index contributed by atoms with van der Waals surface area (Å²) in [5.41, 5.74) is 4.72. The van der Waals surface area contributed by atoms with Gasteiger partial charge in [0.15, 0.2) is 0 Å². The molecular weight excluding hydrogens is 278 g/mol. The fraction of sp³-hybridized carbons (Fsp3) is 0.143. The molecular formula is C14H14ClN3O2. The van der Waals surface area contributed by atoms with E-state index in [0.717, 1.165) is 11.4 Å². The van der Waals surface area contributed by atoms with Crippen LogP contribution in [-0.2, 0) is 9.59 Å². The molecule has 2 N–H and O–H groups in total. The van der Waals surface area contributed by atoms with E-state index in [9.17, 15) is 9.59 Å². The number of hydrogen-bond donors (Lipinski definition) is 2. The minimum atomic E-state index is -0.736. The summed E-state index contributed by atoms with van der Waals surface area (Å²) in [6.07, 6.45) is 0. The van der Waals surface area contributed by atoms with Crippen LogP contribution in [0.25, 0.3) is 0 Å². The summed E-state index contributed by atoms with van der Waals surface area (Å²) in [7, 11) is 0. The lowest BCUT2D eigenvalue weighted by atomic mass is 10.3. The molecule has 6 heteroatoms. The number of nitrogens with zero attached hydrogens (tertiary/aromatic N) is 1. The minimum Gasteiger partial charge on any atom is -0.318 e. The molecule has 104 valence electrons. The lowest BCUT2D eigenvalue weighted by molar-refractivity contribution is -0.133. The van der Waals surface area contributed by atoms with Crippen molar-refractivity contribution in [2.75, 3.05) is 10.7 Å². The highest BCUT2D eigenvalue weighted by atomic mass is 35.5. The minimum absolute atomic E-state index is 0.510. The van der Waals surface area contributed by atoms with Gasteiger partial charge in [-0.1, -0.05) is 11.6 Å². The second-order valence-electron chi connectivity index (χ2n) is 4.35. The van der Waals surface area contributed by atoms with E-state index in [-0.39, 0.29) is 0 Å². The van der Waals surface area contributed by atoms with Crippen LogP contribution >= 0.6 is 11.6 Å². The molecule has 0 unspecified atom stereocenters.